The second-order valence-corrected chi connectivity index (χ2v) is 10.4. The summed E-state index contributed by atoms with van der Waals surface area (Å²) in [5.74, 6) is -2.90. The van der Waals surface area contributed by atoms with Crippen LogP contribution in [-0.2, 0) is 35.2 Å². The summed E-state index contributed by atoms with van der Waals surface area (Å²) in [6.07, 6.45) is 3.89. The first-order chi connectivity index (χ1) is 17.5. The summed E-state index contributed by atoms with van der Waals surface area (Å²) in [6.45, 7) is 7.26. The number of nitrogens with one attached hydrogen (secondary N) is 1. The lowest BCUT2D eigenvalue weighted by molar-refractivity contribution is -0.161. The number of carbonyl (C=O) groups excluding carboxylic acids is 4. The molecule has 0 bridgehead atoms. The molecule has 1 aromatic rings. The van der Waals surface area contributed by atoms with Crippen molar-refractivity contribution in [3.63, 3.8) is 0 Å². The normalized spacial score (nSPS) is 22.0. The minimum atomic E-state index is -0.709. The van der Waals surface area contributed by atoms with E-state index in [1.807, 2.05) is 30.3 Å². The Balaban J connectivity index is 2.12. The molecule has 3 atom stereocenters. The first kappa shape index (κ1) is 30.0. The van der Waals surface area contributed by atoms with Gasteiger partial charge < -0.3 is 24.8 Å². The van der Waals surface area contributed by atoms with Crippen molar-refractivity contribution in [1.82, 2.24) is 10.2 Å². The predicted octanol–water partition coefficient (Wildman–Crippen LogP) is 2.76. The highest BCUT2D eigenvalue weighted by molar-refractivity contribution is 5.86. The highest BCUT2D eigenvalue weighted by Crippen LogP contribution is 2.20. The molecule has 9 nitrogen and oxygen atoms in total. The van der Waals surface area contributed by atoms with Gasteiger partial charge in [-0.15, -0.1) is 0 Å². The second kappa shape index (κ2) is 14.5. The quantitative estimate of drug-likeness (QED) is 0.402. The molecule has 0 fully saturated rings. The van der Waals surface area contributed by atoms with Crippen molar-refractivity contribution in [2.45, 2.75) is 71.6 Å². The van der Waals surface area contributed by atoms with Crippen molar-refractivity contribution in [2.75, 3.05) is 19.8 Å². The van der Waals surface area contributed by atoms with Gasteiger partial charge in [-0.2, -0.15) is 0 Å². The Hall–Kier alpha value is -3.20. The third-order valence-corrected chi connectivity index (χ3v) is 5.77. The lowest BCUT2D eigenvalue weighted by Gasteiger charge is -2.26. The Morgan fingerprint density at radius 1 is 1.08 bits per heavy atom. The maximum absolute atomic E-state index is 13.1. The van der Waals surface area contributed by atoms with Gasteiger partial charge in [0.1, 0.15) is 12.2 Å². The highest BCUT2D eigenvalue weighted by Gasteiger charge is 2.29. The molecular weight excluding hydrogens is 476 g/mol. The van der Waals surface area contributed by atoms with Crippen molar-refractivity contribution in [3.8, 4) is 0 Å². The van der Waals surface area contributed by atoms with E-state index in [-0.39, 0.29) is 57.3 Å². The third kappa shape index (κ3) is 11.2. The van der Waals surface area contributed by atoms with E-state index in [4.69, 9.17) is 9.47 Å². The van der Waals surface area contributed by atoms with Crippen LogP contribution in [0.5, 0.6) is 0 Å². The topological polar surface area (TPSA) is 122 Å². The van der Waals surface area contributed by atoms with E-state index < -0.39 is 35.4 Å². The van der Waals surface area contributed by atoms with E-state index in [2.05, 4.69) is 5.32 Å². The second-order valence-electron chi connectivity index (χ2n) is 10.4. The van der Waals surface area contributed by atoms with Crippen LogP contribution in [0.25, 0.3) is 0 Å². The molecule has 37 heavy (non-hydrogen) atoms. The van der Waals surface area contributed by atoms with Gasteiger partial charge in [0.05, 0.1) is 30.9 Å². The Bertz CT molecular complexity index is 940. The summed E-state index contributed by atoms with van der Waals surface area (Å²) >= 11 is 0. The molecule has 0 radical (unpaired) electrons. The monoisotopic (exact) mass is 516 g/mol. The van der Waals surface area contributed by atoms with Crippen molar-refractivity contribution < 1.29 is 33.8 Å². The number of cyclic esters (lactones) is 1. The van der Waals surface area contributed by atoms with Crippen molar-refractivity contribution >= 4 is 23.8 Å². The molecule has 2 rings (SSSR count). The van der Waals surface area contributed by atoms with Gasteiger partial charge in [0.15, 0.2) is 0 Å². The minimum Gasteiger partial charge on any atom is -0.463 e. The predicted molar refractivity (Wildman–Crippen MR) is 138 cm³/mol. The van der Waals surface area contributed by atoms with Gasteiger partial charge in [-0.1, -0.05) is 42.5 Å². The molecule has 9 heteroatoms. The van der Waals surface area contributed by atoms with Crippen LogP contribution in [0, 0.1) is 11.8 Å². The molecule has 0 saturated heterocycles. The molecule has 204 valence electrons. The van der Waals surface area contributed by atoms with Crippen LogP contribution < -0.4 is 5.32 Å². The van der Waals surface area contributed by atoms with E-state index in [9.17, 15) is 24.3 Å². The average Bonchev–Trinajstić information content (AvgIpc) is 2.82. The summed E-state index contributed by atoms with van der Waals surface area (Å²) in [5, 5.41) is 12.3. The van der Waals surface area contributed by atoms with E-state index in [0.29, 0.717) is 6.54 Å². The van der Waals surface area contributed by atoms with Gasteiger partial charge in [-0.05, 0) is 46.1 Å². The number of hydrogen-bond donors (Lipinski definition) is 2. The van der Waals surface area contributed by atoms with E-state index in [1.54, 1.807) is 44.7 Å². The zero-order chi connectivity index (χ0) is 27.4. The lowest BCUT2D eigenvalue weighted by atomic mass is 9.96. The molecule has 1 heterocycles. The molecule has 1 aliphatic rings. The van der Waals surface area contributed by atoms with Gasteiger partial charge in [-0.3, -0.25) is 19.2 Å². The van der Waals surface area contributed by atoms with Crippen LogP contribution >= 0.6 is 0 Å². The van der Waals surface area contributed by atoms with Crippen LogP contribution in [0.4, 0.5) is 0 Å². The zero-order valence-electron chi connectivity index (χ0n) is 22.3. The number of aliphatic hydroxyl groups excluding tert-OH is 1. The fourth-order valence-corrected chi connectivity index (χ4v) is 3.93. The fraction of sp³-hybridized carbons (Fsp3) is 0.571. The van der Waals surface area contributed by atoms with Crippen LogP contribution in [0.2, 0.25) is 0 Å². The van der Waals surface area contributed by atoms with Gasteiger partial charge in [0, 0.05) is 19.5 Å². The number of carbonyl (C=O) groups is 4. The number of amides is 2. The smallest absolute Gasteiger partial charge is 0.309 e. The lowest BCUT2D eigenvalue weighted by Crippen LogP contribution is -2.43. The first-order valence-corrected chi connectivity index (χ1v) is 12.7. The van der Waals surface area contributed by atoms with Crippen LogP contribution in [0.15, 0.2) is 42.5 Å². The SMILES string of the molecule is C[C@@H]1COC(=O)[C@H](CC(=O)OC(C)(C)C)C/C=C\C[C@@H](CC(=O)N(CCO)Cc2ccccc2)C(=O)N1. The molecule has 2 N–H and O–H groups in total. The van der Waals surface area contributed by atoms with Crippen molar-refractivity contribution in [3.05, 3.63) is 48.0 Å². The number of hydrogen-bond acceptors (Lipinski definition) is 7. The molecule has 0 spiro atoms. The van der Waals surface area contributed by atoms with Gasteiger partial charge >= 0.3 is 11.9 Å². The average molecular weight is 517 g/mol. The standard InChI is InChI=1S/C28H40N2O7/c1-20-19-36-27(35)23(17-25(33)37-28(2,3)4)13-9-8-12-22(26(34)29-20)16-24(32)30(14-15-31)18-21-10-6-5-7-11-21/h5-11,20,22-23,31H,12-19H2,1-4H3,(H,29,34)/b9-8-/t20-,22+,23+/m1/s1. The molecule has 0 aliphatic carbocycles. The van der Waals surface area contributed by atoms with Crippen LogP contribution in [0.1, 0.15) is 58.9 Å². The number of rotatable bonds is 8. The molecule has 0 saturated carbocycles. The van der Waals surface area contributed by atoms with Crippen LogP contribution in [-0.4, -0.2) is 65.2 Å². The number of benzene rings is 1. The van der Waals surface area contributed by atoms with Gasteiger partial charge in [0.2, 0.25) is 11.8 Å². The van der Waals surface area contributed by atoms with Gasteiger partial charge in [-0.25, -0.2) is 0 Å². The Morgan fingerprint density at radius 3 is 2.35 bits per heavy atom. The fourth-order valence-electron chi connectivity index (χ4n) is 3.93. The number of ether oxygens (including phenoxy) is 2. The number of esters is 2. The molecule has 0 aromatic heterocycles. The van der Waals surface area contributed by atoms with Gasteiger partial charge in [0.25, 0.3) is 0 Å². The molecule has 1 aromatic carbocycles. The van der Waals surface area contributed by atoms with E-state index in [0.717, 1.165) is 5.56 Å². The minimum absolute atomic E-state index is 0.0309. The molecule has 2 amide bonds. The molecular formula is C28H40N2O7. The van der Waals surface area contributed by atoms with Crippen molar-refractivity contribution in [2.24, 2.45) is 11.8 Å². The maximum atomic E-state index is 13.1. The maximum Gasteiger partial charge on any atom is 0.309 e. The molecule has 0 unspecified atom stereocenters. The van der Waals surface area contributed by atoms with Crippen molar-refractivity contribution in [1.29, 1.82) is 0 Å². The Kier molecular flexibility index (Phi) is 11.8. The third-order valence-electron chi connectivity index (χ3n) is 5.77. The Labute approximate surface area is 219 Å². The number of nitrogens with zero attached hydrogens (tertiary/aromatic N) is 1. The first-order valence-electron chi connectivity index (χ1n) is 12.7. The largest absolute Gasteiger partial charge is 0.463 e. The number of allylic oxidation sites excluding steroid dienone is 2. The summed E-state index contributed by atoms with van der Waals surface area (Å²) in [4.78, 5) is 52.6. The summed E-state index contributed by atoms with van der Waals surface area (Å²) in [6, 6.07) is 8.98. The summed E-state index contributed by atoms with van der Waals surface area (Å²) < 4.78 is 10.7. The highest BCUT2D eigenvalue weighted by atomic mass is 16.6. The summed E-state index contributed by atoms with van der Waals surface area (Å²) in [5.41, 5.74) is 0.268. The van der Waals surface area contributed by atoms with E-state index >= 15 is 0 Å². The zero-order valence-corrected chi connectivity index (χ0v) is 22.3. The van der Waals surface area contributed by atoms with Crippen LogP contribution in [0.3, 0.4) is 0 Å². The number of aliphatic hydroxyl groups is 1. The molecule has 1 aliphatic heterocycles. The summed E-state index contributed by atoms with van der Waals surface area (Å²) in [7, 11) is 0. The van der Waals surface area contributed by atoms with E-state index in [1.165, 1.54) is 0 Å². The Morgan fingerprint density at radius 2 is 1.73 bits per heavy atom.